The lowest BCUT2D eigenvalue weighted by Crippen LogP contribution is -2.49. The molecule has 0 radical (unpaired) electrons. The Labute approximate surface area is 289 Å². The second-order valence-electron chi connectivity index (χ2n) is 11.6. The molecule has 0 bridgehead atoms. The van der Waals surface area contributed by atoms with E-state index in [1.165, 1.54) is 21.9 Å². The third-order valence-corrected chi connectivity index (χ3v) is 9.30. The van der Waals surface area contributed by atoms with Crippen molar-refractivity contribution in [1.29, 1.82) is 0 Å². The van der Waals surface area contributed by atoms with Gasteiger partial charge in [-0.15, -0.1) is 0 Å². The molecular weight excluding hydrogens is 668 g/mol. The van der Waals surface area contributed by atoms with E-state index < -0.39 is 46.6 Å². The first-order valence-electron chi connectivity index (χ1n) is 15.8. The minimum absolute atomic E-state index is 0.00572. The van der Waals surface area contributed by atoms with Gasteiger partial charge in [0.2, 0.25) is 0 Å². The van der Waals surface area contributed by atoms with Crippen LogP contribution in [0, 0.1) is 6.92 Å². The van der Waals surface area contributed by atoms with E-state index in [0.717, 1.165) is 16.7 Å². The number of hydrogen-bond acceptors (Lipinski definition) is 10. The van der Waals surface area contributed by atoms with Crippen LogP contribution >= 0.6 is 0 Å². The zero-order chi connectivity index (χ0) is 35.9. The molecule has 264 valence electrons. The number of nitrogens with zero attached hydrogens (tertiary/aromatic N) is 8. The van der Waals surface area contributed by atoms with Crippen molar-refractivity contribution in [2.24, 2.45) is 10.2 Å². The molecule has 2 aliphatic rings. The van der Waals surface area contributed by atoms with Crippen molar-refractivity contribution in [2.75, 3.05) is 26.2 Å². The Morgan fingerprint density at radius 3 is 1.80 bits per heavy atom. The molecule has 3 aromatic carbocycles. The summed E-state index contributed by atoms with van der Waals surface area (Å²) in [7, 11) is -4.03. The molecule has 4 atom stereocenters. The molecule has 2 heterocycles. The molecule has 16 nitrogen and oxygen atoms in total. The van der Waals surface area contributed by atoms with Gasteiger partial charge in [0, 0.05) is 29.5 Å². The summed E-state index contributed by atoms with van der Waals surface area (Å²) in [5, 5.41) is 16.9. The smallest absolute Gasteiger partial charge is 0.410 e. The minimum atomic E-state index is -4.03. The molecule has 0 saturated carbocycles. The highest BCUT2D eigenvalue weighted by atomic mass is 32.2. The lowest BCUT2D eigenvalue weighted by Gasteiger charge is -2.35. The number of carbonyl (C=O) groups is 2. The van der Waals surface area contributed by atoms with Crippen LogP contribution in [-0.2, 0) is 37.0 Å². The molecule has 0 aromatic heterocycles. The fourth-order valence-corrected chi connectivity index (χ4v) is 6.33. The monoisotopic (exact) mass is 706 g/mol. The zero-order valence-electron chi connectivity index (χ0n) is 27.3. The van der Waals surface area contributed by atoms with Gasteiger partial charge in [0.15, 0.2) is 0 Å². The lowest BCUT2D eigenvalue weighted by molar-refractivity contribution is 0.0361. The van der Waals surface area contributed by atoms with Crippen molar-refractivity contribution in [3.63, 3.8) is 0 Å². The third kappa shape index (κ3) is 11.1. The number of hydrogen-bond donors (Lipinski definition) is 1. The fourth-order valence-electron chi connectivity index (χ4n) is 5.20. The second kappa shape index (κ2) is 18.5. The molecule has 0 spiro atoms. The summed E-state index contributed by atoms with van der Waals surface area (Å²) in [5.74, 6) is 0. The maximum Gasteiger partial charge on any atom is 0.410 e. The van der Waals surface area contributed by atoms with E-state index in [4.69, 9.17) is 24.7 Å². The van der Waals surface area contributed by atoms with Crippen LogP contribution in [-0.4, -0.2) is 86.0 Å². The van der Waals surface area contributed by atoms with Crippen molar-refractivity contribution >= 4 is 22.3 Å². The number of aliphatic hydroxyl groups excluding tert-OH is 1. The van der Waals surface area contributed by atoms with Crippen LogP contribution in [0.15, 0.2) is 100 Å². The lowest BCUT2D eigenvalue weighted by atomic mass is 10.0. The highest BCUT2D eigenvalue weighted by Crippen LogP contribution is 2.24. The summed E-state index contributed by atoms with van der Waals surface area (Å²) >= 11 is 0. The summed E-state index contributed by atoms with van der Waals surface area (Å²) in [6, 6.07) is 23.6. The van der Waals surface area contributed by atoms with Gasteiger partial charge in [0.05, 0.1) is 35.7 Å². The number of likely N-dealkylation sites (tertiary alicyclic amines) is 2. The minimum Gasteiger partial charge on any atom is -0.445 e. The highest BCUT2D eigenvalue weighted by Gasteiger charge is 2.36. The Balaban J connectivity index is 0.000000244. The van der Waals surface area contributed by atoms with Gasteiger partial charge in [-0.2, -0.15) is 8.42 Å². The van der Waals surface area contributed by atoms with E-state index >= 15 is 0 Å². The number of aliphatic hydroxyl groups is 1. The number of azide groups is 2. The first-order chi connectivity index (χ1) is 24.1. The zero-order valence-corrected chi connectivity index (χ0v) is 28.2. The Kier molecular flexibility index (Phi) is 13.8. The number of carbonyl (C=O) groups excluding carboxylic acids is 2. The highest BCUT2D eigenvalue weighted by molar-refractivity contribution is 7.86. The molecule has 2 fully saturated rings. The Bertz CT molecular complexity index is 1770. The van der Waals surface area contributed by atoms with Crippen LogP contribution in [0.4, 0.5) is 9.59 Å². The molecule has 17 heteroatoms. The predicted molar refractivity (Wildman–Crippen MR) is 181 cm³/mol. The molecule has 3 aromatic rings. The number of amides is 2. The van der Waals surface area contributed by atoms with Crippen LogP contribution in [0.3, 0.4) is 0 Å². The van der Waals surface area contributed by atoms with Gasteiger partial charge in [-0.25, -0.2) is 9.59 Å². The van der Waals surface area contributed by atoms with Gasteiger partial charge in [-0.3, -0.25) is 4.18 Å². The summed E-state index contributed by atoms with van der Waals surface area (Å²) in [6.45, 7) is 2.92. The number of ether oxygens (including phenoxy) is 2. The topological polar surface area (TPSA) is 220 Å². The molecule has 1 N–H and O–H groups in total. The molecule has 2 aliphatic heterocycles. The fraction of sp³-hybridized carbons (Fsp3) is 0.394. The maximum atomic E-state index is 12.6. The quantitative estimate of drug-likeness (QED) is 0.123. The number of piperidine rings is 2. The van der Waals surface area contributed by atoms with Crippen LogP contribution in [0.2, 0.25) is 0 Å². The predicted octanol–water partition coefficient (Wildman–Crippen LogP) is 5.86. The Hall–Kier alpha value is -5.31. The van der Waals surface area contributed by atoms with Crippen molar-refractivity contribution in [3.05, 3.63) is 123 Å². The number of β-amino-alcohol motifs (C(OH)–C–C–N with tert-alkyl or cyclic N) is 1. The van der Waals surface area contributed by atoms with Crippen molar-refractivity contribution in [2.45, 2.75) is 62.2 Å². The van der Waals surface area contributed by atoms with Gasteiger partial charge in [-0.1, -0.05) is 88.6 Å². The summed E-state index contributed by atoms with van der Waals surface area (Å²) in [5.41, 5.74) is 19.9. The largest absolute Gasteiger partial charge is 0.445 e. The number of benzene rings is 3. The van der Waals surface area contributed by atoms with Crippen molar-refractivity contribution in [3.8, 4) is 0 Å². The van der Waals surface area contributed by atoms with Gasteiger partial charge in [0.1, 0.15) is 13.2 Å². The van der Waals surface area contributed by atoms with E-state index in [-0.39, 0.29) is 44.2 Å². The summed E-state index contributed by atoms with van der Waals surface area (Å²) in [4.78, 5) is 32.6. The van der Waals surface area contributed by atoms with E-state index in [1.54, 1.807) is 12.1 Å². The van der Waals surface area contributed by atoms with Gasteiger partial charge >= 0.3 is 12.2 Å². The molecule has 0 aliphatic carbocycles. The summed E-state index contributed by atoms with van der Waals surface area (Å²) < 4.78 is 41.0. The number of rotatable bonds is 9. The van der Waals surface area contributed by atoms with Crippen LogP contribution in [0.25, 0.3) is 20.9 Å². The average molecular weight is 707 g/mol. The number of aryl methyl sites for hydroxylation is 1. The first-order valence-corrected chi connectivity index (χ1v) is 17.2. The van der Waals surface area contributed by atoms with E-state index in [9.17, 15) is 23.1 Å². The van der Waals surface area contributed by atoms with Crippen LogP contribution in [0.1, 0.15) is 29.5 Å². The Morgan fingerprint density at radius 2 is 1.28 bits per heavy atom. The Morgan fingerprint density at radius 1 is 0.780 bits per heavy atom. The van der Waals surface area contributed by atoms with Crippen LogP contribution in [0.5, 0.6) is 0 Å². The van der Waals surface area contributed by atoms with Gasteiger partial charge in [0.25, 0.3) is 10.1 Å². The van der Waals surface area contributed by atoms with E-state index in [0.29, 0.717) is 13.0 Å². The standard InChI is InChI=1S/C20H22N4O5S.C13H16N4O3/c1-15-7-9-17(10-8-15)30(26,27)29-19-11-12-24(13-18(19)22-23-21)20(25)28-14-16-5-3-2-4-6-16;14-16-15-11-6-7-17(8-12(11)18)13(19)20-9-10-4-2-1-3-5-10/h2-10,18-19H,11-14H2,1H3;1-5,11-12,18H,6-9H2/t18-,19-;11-,12-/m11/s1. The molecule has 2 amide bonds. The van der Waals surface area contributed by atoms with Crippen molar-refractivity contribution < 1.29 is 36.8 Å². The average Bonchev–Trinajstić information content (AvgIpc) is 3.12. The normalized spacial score (nSPS) is 20.2. The molecule has 50 heavy (non-hydrogen) atoms. The van der Waals surface area contributed by atoms with E-state index in [2.05, 4.69) is 20.1 Å². The van der Waals surface area contributed by atoms with Crippen LogP contribution < -0.4 is 0 Å². The van der Waals surface area contributed by atoms with Crippen molar-refractivity contribution in [1.82, 2.24) is 9.80 Å². The molecule has 0 unspecified atom stereocenters. The first kappa shape index (κ1) is 37.5. The molecular formula is C33H38N8O8S. The van der Waals surface area contributed by atoms with E-state index in [1.807, 2.05) is 67.6 Å². The SMILES string of the molecule is Cc1ccc(S(=O)(=O)O[C@@H]2CCN(C(=O)OCc3ccccc3)C[C@H]2N=[N+]=[N-])cc1.[N-]=[N+]=N[C@@H]1CCN(C(=O)OCc2ccccc2)C[C@H]1O. The molecule has 5 rings (SSSR count). The third-order valence-electron chi connectivity index (χ3n) is 7.95. The van der Waals surface area contributed by atoms with Gasteiger partial charge < -0.3 is 24.4 Å². The second-order valence-corrected chi connectivity index (χ2v) is 13.1. The molecule has 2 saturated heterocycles. The van der Waals surface area contributed by atoms with Gasteiger partial charge in [-0.05, 0) is 54.1 Å². The maximum absolute atomic E-state index is 12.6. The summed E-state index contributed by atoms with van der Waals surface area (Å²) in [6.07, 6.45) is -2.11.